The van der Waals surface area contributed by atoms with Crippen molar-refractivity contribution in [3.05, 3.63) is 23.9 Å². The van der Waals surface area contributed by atoms with Gasteiger partial charge in [-0.2, -0.15) is 0 Å². The molecule has 1 aromatic heterocycles. The van der Waals surface area contributed by atoms with Crippen LogP contribution in [0.15, 0.2) is 18.2 Å². The number of nitrogens with one attached hydrogen (secondary N) is 1. The summed E-state index contributed by atoms with van der Waals surface area (Å²) < 4.78 is 5.16. The Bertz CT molecular complexity index is 524. The van der Waals surface area contributed by atoms with E-state index >= 15 is 0 Å². The van der Waals surface area contributed by atoms with E-state index in [1.54, 1.807) is 4.90 Å². The van der Waals surface area contributed by atoms with Crippen LogP contribution in [0.5, 0.6) is 0 Å². The maximum absolute atomic E-state index is 11.9. The van der Waals surface area contributed by atoms with Crippen molar-refractivity contribution in [3.8, 4) is 0 Å². The lowest BCUT2D eigenvalue weighted by Crippen LogP contribution is -2.42. The lowest BCUT2D eigenvalue weighted by atomic mass is 9.93. The summed E-state index contributed by atoms with van der Waals surface area (Å²) in [4.78, 5) is 18.3. The number of amides is 1. The monoisotopic (exact) mass is 289 g/mol. The van der Waals surface area contributed by atoms with Gasteiger partial charge in [0, 0.05) is 5.69 Å². The highest BCUT2D eigenvalue weighted by Gasteiger charge is 2.41. The Balaban J connectivity index is 1.78. The number of pyridine rings is 1. The molecule has 114 valence electrons. The van der Waals surface area contributed by atoms with Crippen LogP contribution in [0.4, 0.5) is 10.6 Å². The van der Waals surface area contributed by atoms with Gasteiger partial charge in [0.05, 0.1) is 5.54 Å². The molecule has 2 aliphatic rings. The predicted octanol–water partition coefficient (Wildman–Crippen LogP) is 2.36. The molecule has 1 aromatic rings. The van der Waals surface area contributed by atoms with E-state index in [1.807, 2.05) is 26.0 Å². The Morgan fingerprint density at radius 1 is 1.38 bits per heavy atom. The number of anilines is 1. The van der Waals surface area contributed by atoms with E-state index in [0.717, 1.165) is 25.2 Å². The zero-order chi connectivity index (χ0) is 14.9. The van der Waals surface area contributed by atoms with Crippen molar-refractivity contribution in [2.24, 2.45) is 5.92 Å². The standard InChI is InChI=1S/C16H23N3O2/c1-16(2)11-21-15(20)19(16)14-5-3-4-13(18-14)10-12-6-8-17-9-7-12/h3-5,12,17H,6-11H2,1-2H3. The maximum Gasteiger partial charge on any atom is 0.416 e. The van der Waals surface area contributed by atoms with Crippen LogP contribution in [-0.2, 0) is 11.2 Å². The molecule has 0 saturated carbocycles. The summed E-state index contributed by atoms with van der Waals surface area (Å²) in [6, 6.07) is 5.93. The van der Waals surface area contributed by atoms with Crippen molar-refractivity contribution in [2.45, 2.75) is 38.6 Å². The van der Waals surface area contributed by atoms with E-state index in [-0.39, 0.29) is 11.6 Å². The molecule has 2 aliphatic heterocycles. The first-order chi connectivity index (χ1) is 10.1. The van der Waals surface area contributed by atoms with E-state index in [4.69, 9.17) is 9.72 Å². The molecule has 2 fully saturated rings. The number of hydrogen-bond donors (Lipinski definition) is 1. The Hall–Kier alpha value is -1.62. The molecule has 0 atom stereocenters. The third kappa shape index (κ3) is 3.02. The molecule has 3 rings (SSSR count). The topological polar surface area (TPSA) is 54.5 Å². The van der Waals surface area contributed by atoms with Crippen LogP contribution in [-0.4, -0.2) is 36.3 Å². The second-order valence-electron chi connectivity index (χ2n) is 6.59. The molecule has 1 amide bonds. The fraction of sp³-hybridized carbons (Fsp3) is 0.625. The van der Waals surface area contributed by atoms with Crippen LogP contribution in [0.3, 0.4) is 0 Å². The number of cyclic esters (lactones) is 1. The van der Waals surface area contributed by atoms with Gasteiger partial charge in [0.15, 0.2) is 0 Å². The molecule has 0 spiro atoms. The van der Waals surface area contributed by atoms with Crippen molar-refractivity contribution < 1.29 is 9.53 Å². The first-order valence-electron chi connectivity index (χ1n) is 7.70. The summed E-state index contributed by atoms with van der Waals surface area (Å²) in [6.07, 6.45) is 3.08. The number of aromatic nitrogens is 1. The molecule has 1 N–H and O–H groups in total. The molecule has 5 heteroatoms. The molecule has 2 saturated heterocycles. The first-order valence-corrected chi connectivity index (χ1v) is 7.70. The zero-order valence-corrected chi connectivity index (χ0v) is 12.8. The molecule has 3 heterocycles. The fourth-order valence-corrected chi connectivity index (χ4v) is 3.10. The van der Waals surface area contributed by atoms with E-state index in [2.05, 4.69) is 11.4 Å². The summed E-state index contributed by atoms with van der Waals surface area (Å²) in [5.74, 6) is 1.39. The highest BCUT2D eigenvalue weighted by atomic mass is 16.6. The van der Waals surface area contributed by atoms with Gasteiger partial charge in [0.2, 0.25) is 0 Å². The summed E-state index contributed by atoms with van der Waals surface area (Å²) in [5, 5.41) is 3.38. The van der Waals surface area contributed by atoms with E-state index in [1.165, 1.54) is 12.8 Å². The number of carbonyl (C=O) groups excluding carboxylic acids is 1. The van der Waals surface area contributed by atoms with Gasteiger partial charge < -0.3 is 10.1 Å². The van der Waals surface area contributed by atoms with Crippen molar-refractivity contribution in [1.82, 2.24) is 10.3 Å². The summed E-state index contributed by atoms with van der Waals surface area (Å²) >= 11 is 0. The van der Waals surface area contributed by atoms with Crippen LogP contribution in [0.1, 0.15) is 32.4 Å². The van der Waals surface area contributed by atoms with E-state index in [0.29, 0.717) is 18.3 Å². The predicted molar refractivity (Wildman–Crippen MR) is 81.4 cm³/mol. The summed E-state index contributed by atoms with van der Waals surface area (Å²) in [6.45, 7) is 6.59. The number of piperidine rings is 1. The van der Waals surface area contributed by atoms with Crippen molar-refractivity contribution >= 4 is 11.9 Å². The van der Waals surface area contributed by atoms with Crippen molar-refractivity contribution in [3.63, 3.8) is 0 Å². The van der Waals surface area contributed by atoms with Crippen molar-refractivity contribution in [1.29, 1.82) is 0 Å². The molecule has 0 aromatic carbocycles. The van der Waals surface area contributed by atoms with Gasteiger partial charge in [-0.1, -0.05) is 6.07 Å². The maximum atomic E-state index is 11.9. The van der Waals surface area contributed by atoms with Gasteiger partial charge in [0.1, 0.15) is 12.4 Å². The smallest absolute Gasteiger partial charge is 0.416 e. The zero-order valence-electron chi connectivity index (χ0n) is 12.8. The third-order valence-electron chi connectivity index (χ3n) is 4.31. The SMILES string of the molecule is CC1(C)COC(=O)N1c1cccc(CC2CCNCC2)n1. The molecular formula is C16H23N3O2. The van der Waals surface area contributed by atoms with E-state index in [9.17, 15) is 4.79 Å². The normalized spacial score (nSPS) is 22.4. The van der Waals surface area contributed by atoms with Gasteiger partial charge in [-0.05, 0) is 64.3 Å². The second kappa shape index (κ2) is 5.64. The molecular weight excluding hydrogens is 266 g/mol. The number of carbonyl (C=O) groups is 1. The lowest BCUT2D eigenvalue weighted by Gasteiger charge is -2.27. The van der Waals surface area contributed by atoms with Crippen LogP contribution in [0.25, 0.3) is 0 Å². The number of ether oxygens (including phenoxy) is 1. The molecule has 0 aliphatic carbocycles. The number of rotatable bonds is 3. The van der Waals surface area contributed by atoms with Crippen LogP contribution >= 0.6 is 0 Å². The quantitative estimate of drug-likeness (QED) is 0.928. The molecule has 0 bridgehead atoms. The largest absolute Gasteiger partial charge is 0.447 e. The van der Waals surface area contributed by atoms with Gasteiger partial charge in [-0.15, -0.1) is 0 Å². The van der Waals surface area contributed by atoms with Crippen LogP contribution < -0.4 is 10.2 Å². The Morgan fingerprint density at radius 3 is 2.81 bits per heavy atom. The minimum atomic E-state index is -0.336. The fourth-order valence-electron chi connectivity index (χ4n) is 3.10. The first kappa shape index (κ1) is 14.3. The summed E-state index contributed by atoms with van der Waals surface area (Å²) in [7, 11) is 0. The minimum Gasteiger partial charge on any atom is -0.447 e. The molecule has 21 heavy (non-hydrogen) atoms. The van der Waals surface area contributed by atoms with E-state index < -0.39 is 0 Å². The molecule has 0 radical (unpaired) electrons. The summed E-state index contributed by atoms with van der Waals surface area (Å²) in [5.41, 5.74) is 0.729. The Morgan fingerprint density at radius 2 is 2.14 bits per heavy atom. The van der Waals surface area contributed by atoms with Gasteiger partial charge in [-0.25, -0.2) is 9.78 Å². The number of hydrogen-bond acceptors (Lipinski definition) is 4. The van der Waals surface area contributed by atoms with Gasteiger partial charge >= 0.3 is 6.09 Å². The van der Waals surface area contributed by atoms with Crippen LogP contribution in [0.2, 0.25) is 0 Å². The van der Waals surface area contributed by atoms with Gasteiger partial charge in [-0.3, -0.25) is 4.90 Å². The highest BCUT2D eigenvalue weighted by molar-refractivity contribution is 5.90. The second-order valence-corrected chi connectivity index (χ2v) is 6.59. The minimum absolute atomic E-state index is 0.300. The van der Waals surface area contributed by atoms with Crippen molar-refractivity contribution in [2.75, 3.05) is 24.6 Å². The van der Waals surface area contributed by atoms with Gasteiger partial charge in [0.25, 0.3) is 0 Å². The molecule has 0 unspecified atom stereocenters. The highest BCUT2D eigenvalue weighted by Crippen LogP contribution is 2.29. The lowest BCUT2D eigenvalue weighted by molar-refractivity contribution is 0.175. The Labute approximate surface area is 125 Å². The average Bonchev–Trinajstić information content (AvgIpc) is 2.74. The average molecular weight is 289 g/mol. The number of nitrogens with zero attached hydrogens (tertiary/aromatic N) is 2. The third-order valence-corrected chi connectivity index (χ3v) is 4.31. The van der Waals surface area contributed by atoms with Crippen LogP contribution in [0, 0.1) is 5.92 Å². The Kier molecular flexibility index (Phi) is 3.85. The molecule has 5 nitrogen and oxygen atoms in total.